The summed E-state index contributed by atoms with van der Waals surface area (Å²) in [6.07, 6.45) is 0.341. The second kappa shape index (κ2) is 4.61. The summed E-state index contributed by atoms with van der Waals surface area (Å²) in [5.41, 5.74) is 0. The van der Waals surface area contributed by atoms with Crippen molar-refractivity contribution in [1.82, 2.24) is 4.72 Å². The van der Waals surface area contributed by atoms with E-state index in [9.17, 15) is 16.8 Å². The maximum atomic E-state index is 11.9. The van der Waals surface area contributed by atoms with Gasteiger partial charge in [-0.25, -0.2) is 21.6 Å². The van der Waals surface area contributed by atoms with Gasteiger partial charge in [-0.3, -0.25) is 0 Å². The molecule has 1 aliphatic heterocycles. The zero-order valence-corrected chi connectivity index (χ0v) is 12.6. The topological polar surface area (TPSA) is 80.3 Å². The van der Waals surface area contributed by atoms with Gasteiger partial charge in [-0.1, -0.05) is 0 Å². The van der Waals surface area contributed by atoms with E-state index < -0.39 is 25.9 Å². The molecule has 1 fully saturated rings. The third-order valence-corrected chi connectivity index (χ3v) is 7.77. The summed E-state index contributed by atoms with van der Waals surface area (Å²) in [4.78, 5) is 0. The van der Waals surface area contributed by atoms with Crippen LogP contribution in [0.2, 0.25) is 0 Å². The Morgan fingerprint density at radius 3 is 2.59 bits per heavy atom. The van der Waals surface area contributed by atoms with Crippen molar-refractivity contribution in [2.45, 2.75) is 16.7 Å². The number of nitrogens with one attached hydrogen (secondary N) is 1. The highest BCUT2D eigenvalue weighted by Crippen LogP contribution is 2.26. The Bertz CT molecular complexity index is 619. The first-order valence-corrected chi connectivity index (χ1v) is 9.68. The van der Waals surface area contributed by atoms with E-state index in [1.807, 2.05) is 0 Å². The third-order valence-electron chi connectivity index (χ3n) is 2.37. The van der Waals surface area contributed by atoms with E-state index in [2.05, 4.69) is 20.7 Å². The van der Waals surface area contributed by atoms with Gasteiger partial charge in [0.25, 0.3) is 0 Å². The van der Waals surface area contributed by atoms with Crippen LogP contribution in [0, 0.1) is 0 Å². The average molecular weight is 360 g/mol. The molecule has 2 rings (SSSR count). The lowest BCUT2D eigenvalue weighted by Crippen LogP contribution is -2.35. The molecular formula is C8H10BrNO4S3. The van der Waals surface area contributed by atoms with E-state index in [1.54, 1.807) is 6.07 Å². The molecular weight excluding hydrogens is 350 g/mol. The van der Waals surface area contributed by atoms with E-state index in [-0.39, 0.29) is 15.7 Å². The van der Waals surface area contributed by atoms with Crippen LogP contribution in [-0.2, 0) is 19.9 Å². The van der Waals surface area contributed by atoms with Crippen LogP contribution in [0.5, 0.6) is 0 Å². The molecule has 0 bridgehead atoms. The number of sulfonamides is 1. The van der Waals surface area contributed by atoms with Crippen molar-refractivity contribution in [3.05, 3.63) is 15.9 Å². The molecule has 0 amide bonds. The largest absolute Gasteiger partial charge is 0.250 e. The normalized spacial score (nSPS) is 23.9. The molecule has 17 heavy (non-hydrogen) atoms. The van der Waals surface area contributed by atoms with E-state index in [4.69, 9.17) is 0 Å². The maximum Gasteiger partial charge on any atom is 0.250 e. The number of hydrogen-bond acceptors (Lipinski definition) is 5. The van der Waals surface area contributed by atoms with E-state index >= 15 is 0 Å². The Balaban J connectivity index is 2.14. The molecule has 0 saturated carbocycles. The van der Waals surface area contributed by atoms with Crippen molar-refractivity contribution in [3.63, 3.8) is 0 Å². The highest BCUT2D eigenvalue weighted by atomic mass is 79.9. The second-order valence-corrected chi connectivity index (χ2v) is 10.4. The minimum absolute atomic E-state index is 0.0499. The standard InChI is InChI=1S/C8H10BrNO4S3/c9-7-1-2-8(15-7)17(13,14)10-6-3-4-16(11,12)5-6/h1-2,6,10H,3-5H2/t6-/m1/s1. The molecule has 1 N–H and O–H groups in total. The predicted molar refractivity (Wildman–Crippen MR) is 69.4 cm³/mol. The SMILES string of the molecule is O=S1(=O)CC[C@@H](NS(=O)(=O)c2ccc(Br)s2)C1. The van der Waals surface area contributed by atoms with Crippen LogP contribution in [0.1, 0.15) is 6.42 Å². The molecule has 0 spiro atoms. The number of sulfone groups is 1. The lowest BCUT2D eigenvalue weighted by Gasteiger charge is -2.09. The monoisotopic (exact) mass is 359 g/mol. The Morgan fingerprint density at radius 1 is 1.41 bits per heavy atom. The first-order chi connectivity index (χ1) is 7.78. The van der Waals surface area contributed by atoms with Crippen molar-refractivity contribution >= 4 is 47.1 Å². The Hall–Kier alpha value is 0.0400. The lowest BCUT2D eigenvalue weighted by atomic mass is 10.3. The molecule has 0 unspecified atom stereocenters. The zero-order valence-electron chi connectivity index (χ0n) is 8.59. The van der Waals surface area contributed by atoms with Gasteiger partial charge in [0, 0.05) is 6.04 Å². The van der Waals surface area contributed by atoms with Crippen LogP contribution in [0.25, 0.3) is 0 Å². The molecule has 2 heterocycles. The fourth-order valence-corrected chi connectivity index (χ4v) is 6.68. The number of hydrogen-bond donors (Lipinski definition) is 1. The van der Waals surface area contributed by atoms with E-state index in [1.165, 1.54) is 6.07 Å². The number of rotatable bonds is 3. The minimum Gasteiger partial charge on any atom is -0.229 e. The van der Waals surface area contributed by atoms with Gasteiger partial charge in [0.2, 0.25) is 10.0 Å². The molecule has 1 aromatic rings. The van der Waals surface area contributed by atoms with E-state index in [0.29, 0.717) is 6.42 Å². The molecule has 1 saturated heterocycles. The summed E-state index contributed by atoms with van der Waals surface area (Å²) in [6, 6.07) is 2.62. The van der Waals surface area contributed by atoms with Crippen molar-refractivity contribution in [2.24, 2.45) is 0 Å². The van der Waals surface area contributed by atoms with Crippen LogP contribution in [0.3, 0.4) is 0 Å². The first-order valence-electron chi connectivity index (χ1n) is 4.77. The van der Waals surface area contributed by atoms with Crippen LogP contribution >= 0.6 is 27.3 Å². The summed E-state index contributed by atoms with van der Waals surface area (Å²) < 4.78 is 49.6. The molecule has 0 radical (unpaired) electrons. The minimum atomic E-state index is -3.60. The zero-order chi connectivity index (χ0) is 12.7. The quantitative estimate of drug-likeness (QED) is 0.871. The van der Waals surface area contributed by atoms with Gasteiger partial charge in [-0.15, -0.1) is 11.3 Å². The summed E-state index contributed by atoms with van der Waals surface area (Å²) >= 11 is 4.28. The molecule has 1 aliphatic rings. The molecule has 0 aromatic carbocycles. The van der Waals surface area contributed by atoms with Gasteiger partial charge >= 0.3 is 0 Å². The third kappa shape index (κ3) is 3.28. The van der Waals surface area contributed by atoms with Gasteiger partial charge in [-0.05, 0) is 34.5 Å². The second-order valence-electron chi connectivity index (χ2n) is 3.78. The van der Waals surface area contributed by atoms with Crippen LogP contribution in [0.15, 0.2) is 20.1 Å². The summed E-state index contributed by atoms with van der Waals surface area (Å²) in [6.45, 7) is 0. The molecule has 1 atom stereocenters. The van der Waals surface area contributed by atoms with Gasteiger partial charge in [0.1, 0.15) is 4.21 Å². The smallest absolute Gasteiger partial charge is 0.229 e. The van der Waals surface area contributed by atoms with Crippen molar-refractivity contribution in [3.8, 4) is 0 Å². The summed E-state index contributed by atoms with van der Waals surface area (Å²) in [5, 5.41) is 0. The Morgan fingerprint density at radius 2 is 2.12 bits per heavy atom. The maximum absolute atomic E-state index is 11.9. The van der Waals surface area contributed by atoms with Crippen LogP contribution in [-0.4, -0.2) is 34.4 Å². The molecule has 1 aromatic heterocycles. The number of thiophene rings is 1. The fourth-order valence-electron chi connectivity index (χ4n) is 1.61. The van der Waals surface area contributed by atoms with Gasteiger partial charge < -0.3 is 0 Å². The van der Waals surface area contributed by atoms with E-state index in [0.717, 1.165) is 15.1 Å². The molecule has 9 heteroatoms. The molecule has 5 nitrogen and oxygen atoms in total. The van der Waals surface area contributed by atoms with Gasteiger partial charge in [0.15, 0.2) is 9.84 Å². The highest BCUT2D eigenvalue weighted by Gasteiger charge is 2.31. The first kappa shape index (κ1) is 13.5. The van der Waals surface area contributed by atoms with Crippen LogP contribution < -0.4 is 4.72 Å². The number of halogens is 1. The van der Waals surface area contributed by atoms with Gasteiger partial charge in [-0.2, -0.15) is 0 Å². The predicted octanol–water partition coefficient (Wildman–Crippen LogP) is 0.976. The molecule has 96 valence electrons. The van der Waals surface area contributed by atoms with Crippen molar-refractivity contribution < 1.29 is 16.8 Å². The van der Waals surface area contributed by atoms with Crippen LogP contribution in [0.4, 0.5) is 0 Å². The summed E-state index contributed by atoms with van der Waals surface area (Å²) in [7, 11) is -6.68. The van der Waals surface area contributed by atoms with Gasteiger partial charge in [0.05, 0.1) is 15.3 Å². The lowest BCUT2D eigenvalue weighted by molar-refractivity contribution is 0.564. The van der Waals surface area contributed by atoms with Crippen molar-refractivity contribution in [2.75, 3.05) is 11.5 Å². The Kier molecular flexibility index (Phi) is 3.66. The summed E-state index contributed by atoms with van der Waals surface area (Å²) in [5.74, 6) is -0.0624. The highest BCUT2D eigenvalue weighted by molar-refractivity contribution is 9.11. The van der Waals surface area contributed by atoms with Crippen molar-refractivity contribution in [1.29, 1.82) is 0 Å². The Labute approximate surface area is 112 Å². The fraction of sp³-hybridized carbons (Fsp3) is 0.500. The average Bonchev–Trinajstić information content (AvgIpc) is 2.72. The molecule has 0 aliphatic carbocycles.